The second kappa shape index (κ2) is 9.87. The van der Waals surface area contributed by atoms with Gasteiger partial charge in [-0.1, -0.05) is 17.7 Å². The maximum Gasteiger partial charge on any atom is 0.223 e. The van der Waals surface area contributed by atoms with E-state index >= 15 is 0 Å². The molecule has 0 aliphatic carbocycles. The molecule has 1 aromatic carbocycles. The normalized spacial score (nSPS) is 22.4. The lowest BCUT2D eigenvalue weighted by atomic mass is 9.88. The molecule has 4 rings (SSSR count). The minimum atomic E-state index is -0.187. The molecule has 8 heteroatoms. The SMILES string of the molecule is CC(=O)N(CCCN1CC2CNCC2[C@H]1C(=O)c1c(C)ncnc1C)c1ccc(C)c(Cl)c1. The molecule has 1 amide bonds. The number of aromatic nitrogens is 2. The summed E-state index contributed by atoms with van der Waals surface area (Å²) in [5, 5.41) is 4.11. The van der Waals surface area contributed by atoms with Crippen molar-refractivity contribution in [3.05, 3.63) is 52.1 Å². The van der Waals surface area contributed by atoms with Gasteiger partial charge in [0.25, 0.3) is 0 Å². The van der Waals surface area contributed by atoms with Gasteiger partial charge in [0.15, 0.2) is 5.78 Å². The van der Waals surface area contributed by atoms with Gasteiger partial charge in [0, 0.05) is 43.8 Å². The zero-order valence-corrected chi connectivity index (χ0v) is 20.5. The quantitative estimate of drug-likeness (QED) is 0.627. The van der Waals surface area contributed by atoms with Crippen molar-refractivity contribution >= 4 is 29.0 Å². The summed E-state index contributed by atoms with van der Waals surface area (Å²) in [6.07, 6.45) is 2.28. The molecule has 1 aromatic heterocycles. The van der Waals surface area contributed by atoms with Gasteiger partial charge >= 0.3 is 0 Å². The summed E-state index contributed by atoms with van der Waals surface area (Å²) in [6, 6.07) is 5.52. The molecule has 2 saturated heterocycles. The average molecular weight is 470 g/mol. The number of aryl methyl sites for hydroxylation is 3. The number of likely N-dealkylation sites (tertiary alicyclic amines) is 1. The number of nitrogens with one attached hydrogen (secondary N) is 1. The van der Waals surface area contributed by atoms with E-state index in [1.54, 1.807) is 11.8 Å². The van der Waals surface area contributed by atoms with Crippen LogP contribution in [-0.4, -0.2) is 65.3 Å². The first-order valence-electron chi connectivity index (χ1n) is 11.6. The second-order valence-electron chi connectivity index (χ2n) is 9.26. The highest BCUT2D eigenvalue weighted by Crippen LogP contribution is 2.35. The molecule has 0 radical (unpaired) electrons. The molecule has 7 nitrogen and oxygen atoms in total. The molecule has 0 spiro atoms. The summed E-state index contributed by atoms with van der Waals surface area (Å²) in [7, 11) is 0. The summed E-state index contributed by atoms with van der Waals surface area (Å²) in [4.78, 5) is 38.7. The van der Waals surface area contributed by atoms with Crippen molar-refractivity contribution in [1.29, 1.82) is 0 Å². The third-order valence-corrected chi connectivity index (χ3v) is 7.48. The van der Waals surface area contributed by atoms with Crippen LogP contribution < -0.4 is 10.2 Å². The largest absolute Gasteiger partial charge is 0.316 e. The van der Waals surface area contributed by atoms with Crippen LogP contribution in [0.1, 0.15) is 40.7 Å². The Morgan fingerprint density at radius 1 is 1.18 bits per heavy atom. The fourth-order valence-electron chi connectivity index (χ4n) is 5.35. The topological polar surface area (TPSA) is 78.4 Å². The van der Waals surface area contributed by atoms with Crippen LogP contribution >= 0.6 is 11.6 Å². The van der Waals surface area contributed by atoms with Crippen LogP contribution in [0.2, 0.25) is 5.02 Å². The number of Topliss-reactive ketones (excluding diaryl/α,β-unsaturated/α-hetero) is 1. The molecule has 2 aliphatic heterocycles. The average Bonchev–Trinajstić information content (AvgIpc) is 3.33. The Morgan fingerprint density at radius 3 is 2.58 bits per heavy atom. The van der Waals surface area contributed by atoms with Crippen molar-refractivity contribution in [2.75, 3.05) is 37.6 Å². The number of amides is 1. The molecule has 176 valence electrons. The Kier molecular flexibility index (Phi) is 7.12. The van der Waals surface area contributed by atoms with E-state index in [9.17, 15) is 9.59 Å². The number of benzene rings is 1. The molecular weight excluding hydrogens is 438 g/mol. The Bertz CT molecular complexity index is 1040. The number of hydrogen-bond donors (Lipinski definition) is 1. The maximum absolute atomic E-state index is 13.7. The summed E-state index contributed by atoms with van der Waals surface area (Å²) in [6.45, 7) is 11.3. The summed E-state index contributed by atoms with van der Waals surface area (Å²) >= 11 is 6.29. The van der Waals surface area contributed by atoms with Crippen LogP contribution in [0.3, 0.4) is 0 Å². The van der Waals surface area contributed by atoms with Gasteiger partial charge in [-0.2, -0.15) is 0 Å². The van der Waals surface area contributed by atoms with Crippen LogP contribution in [0, 0.1) is 32.6 Å². The summed E-state index contributed by atoms with van der Waals surface area (Å²) in [5.41, 5.74) is 3.92. The van der Waals surface area contributed by atoms with Crippen molar-refractivity contribution in [1.82, 2.24) is 20.2 Å². The first-order chi connectivity index (χ1) is 15.8. The Balaban J connectivity index is 1.49. The Morgan fingerprint density at radius 2 is 1.91 bits per heavy atom. The van der Waals surface area contributed by atoms with E-state index in [1.165, 1.54) is 6.33 Å². The zero-order valence-electron chi connectivity index (χ0n) is 19.8. The first kappa shape index (κ1) is 23.8. The Labute approximate surface area is 200 Å². The van der Waals surface area contributed by atoms with Gasteiger partial charge in [0.2, 0.25) is 5.91 Å². The van der Waals surface area contributed by atoms with E-state index in [1.807, 2.05) is 39.0 Å². The van der Waals surface area contributed by atoms with Gasteiger partial charge < -0.3 is 10.2 Å². The lowest BCUT2D eigenvalue weighted by Gasteiger charge is -2.29. The van der Waals surface area contributed by atoms with E-state index in [0.29, 0.717) is 23.0 Å². The molecule has 2 aliphatic rings. The van der Waals surface area contributed by atoms with Crippen LogP contribution in [0.15, 0.2) is 24.5 Å². The molecule has 33 heavy (non-hydrogen) atoms. The monoisotopic (exact) mass is 469 g/mol. The van der Waals surface area contributed by atoms with Crippen LogP contribution in [-0.2, 0) is 4.79 Å². The van der Waals surface area contributed by atoms with Gasteiger partial charge in [-0.25, -0.2) is 9.97 Å². The van der Waals surface area contributed by atoms with E-state index in [4.69, 9.17) is 11.6 Å². The molecule has 0 saturated carbocycles. The number of nitrogens with zero attached hydrogens (tertiary/aromatic N) is 4. The summed E-state index contributed by atoms with van der Waals surface area (Å²) < 4.78 is 0. The molecule has 3 atom stereocenters. The third kappa shape index (κ3) is 4.81. The fraction of sp³-hybridized carbons (Fsp3) is 0.520. The molecule has 2 unspecified atom stereocenters. The van der Waals surface area contributed by atoms with Crippen molar-refractivity contribution in [3.8, 4) is 0 Å². The lowest BCUT2D eigenvalue weighted by molar-refractivity contribution is -0.116. The molecule has 1 N–H and O–H groups in total. The van der Waals surface area contributed by atoms with Crippen molar-refractivity contribution in [3.63, 3.8) is 0 Å². The van der Waals surface area contributed by atoms with Gasteiger partial charge in [-0.05, 0) is 63.3 Å². The summed E-state index contributed by atoms with van der Waals surface area (Å²) in [5.74, 6) is 0.855. The van der Waals surface area contributed by atoms with Crippen molar-refractivity contribution < 1.29 is 9.59 Å². The minimum Gasteiger partial charge on any atom is -0.316 e. The number of fused-ring (bicyclic) bond motifs is 1. The van der Waals surface area contributed by atoms with Crippen LogP contribution in [0.4, 0.5) is 5.69 Å². The van der Waals surface area contributed by atoms with E-state index in [0.717, 1.165) is 55.2 Å². The standard InChI is InChI=1S/C25H32ClN5O2/c1-15-6-7-20(10-22(15)26)31(18(4)32)9-5-8-30-13-19-11-27-12-21(19)24(30)25(33)23-16(2)28-14-29-17(23)3/h6-7,10,14,19,21,24,27H,5,8-9,11-13H2,1-4H3/t19?,21?,24-/m0/s1. The predicted octanol–water partition coefficient (Wildman–Crippen LogP) is 3.20. The van der Waals surface area contributed by atoms with E-state index < -0.39 is 0 Å². The van der Waals surface area contributed by atoms with Gasteiger partial charge in [0.05, 0.1) is 23.0 Å². The Hall–Kier alpha value is -2.35. The number of hydrogen-bond acceptors (Lipinski definition) is 6. The third-order valence-electron chi connectivity index (χ3n) is 7.08. The first-order valence-corrected chi connectivity index (χ1v) is 12.0. The number of anilines is 1. The number of rotatable bonds is 7. The second-order valence-corrected chi connectivity index (χ2v) is 9.67. The highest BCUT2D eigenvalue weighted by molar-refractivity contribution is 6.31. The predicted molar refractivity (Wildman–Crippen MR) is 130 cm³/mol. The molecule has 3 heterocycles. The maximum atomic E-state index is 13.7. The van der Waals surface area contributed by atoms with Gasteiger partial charge in [0.1, 0.15) is 6.33 Å². The number of carbonyl (C=O) groups excluding carboxylic acids is 2. The number of halogens is 1. The molecule has 2 aromatic rings. The lowest BCUT2D eigenvalue weighted by Crippen LogP contribution is -2.43. The van der Waals surface area contributed by atoms with Gasteiger partial charge in [-0.3, -0.25) is 14.5 Å². The van der Waals surface area contributed by atoms with E-state index in [2.05, 4.69) is 20.2 Å². The molecular formula is C25H32ClN5O2. The highest BCUT2D eigenvalue weighted by atomic mass is 35.5. The smallest absolute Gasteiger partial charge is 0.223 e. The zero-order chi connectivity index (χ0) is 23.7. The molecule has 2 fully saturated rings. The number of carbonyl (C=O) groups is 2. The van der Waals surface area contributed by atoms with Crippen molar-refractivity contribution in [2.45, 2.75) is 40.2 Å². The van der Waals surface area contributed by atoms with Gasteiger partial charge in [-0.15, -0.1) is 0 Å². The van der Waals surface area contributed by atoms with E-state index in [-0.39, 0.29) is 23.7 Å². The van der Waals surface area contributed by atoms with Crippen molar-refractivity contribution in [2.24, 2.45) is 11.8 Å². The highest BCUT2D eigenvalue weighted by Gasteiger charge is 2.48. The molecule has 0 bridgehead atoms. The van der Waals surface area contributed by atoms with Crippen LogP contribution in [0.25, 0.3) is 0 Å². The fourth-order valence-corrected chi connectivity index (χ4v) is 5.52. The van der Waals surface area contributed by atoms with Crippen LogP contribution in [0.5, 0.6) is 0 Å². The minimum absolute atomic E-state index is 0.0160. The number of ketones is 1.